The SMILES string of the molecule is COc1cc(C#N)ccc1OCC(=O)N1CCCC1=O. The highest BCUT2D eigenvalue weighted by atomic mass is 16.5. The topological polar surface area (TPSA) is 79.6 Å². The summed E-state index contributed by atoms with van der Waals surface area (Å²) in [6.07, 6.45) is 1.11. The van der Waals surface area contributed by atoms with Gasteiger partial charge >= 0.3 is 0 Å². The summed E-state index contributed by atoms with van der Waals surface area (Å²) < 4.78 is 10.5. The molecule has 20 heavy (non-hydrogen) atoms. The van der Waals surface area contributed by atoms with Crippen LogP contribution in [0.1, 0.15) is 18.4 Å². The van der Waals surface area contributed by atoms with Crippen molar-refractivity contribution in [2.24, 2.45) is 0 Å². The maximum absolute atomic E-state index is 11.8. The molecule has 6 nitrogen and oxygen atoms in total. The Morgan fingerprint density at radius 2 is 2.25 bits per heavy atom. The molecule has 2 amide bonds. The molecule has 1 saturated heterocycles. The van der Waals surface area contributed by atoms with E-state index in [-0.39, 0.29) is 18.4 Å². The number of likely N-dealkylation sites (tertiary alicyclic amines) is 1. The van der Waals surface area contributed by atoms with Gasteiger partial charge in [-0.25, -0.2) is 0 Å². The highest BCUT2D eigenvalue weighted by Gasteiger charge is 2.26. The first-order valence-electron chi connectivity index (χ1n) is 6.20. The number of ether oxygens (including phenoxy) is 2. The van der Waals surface area contributed by atoms with E-state index in [2.05, 4.69) is 0 Å². The van der Waals surface area contributed by atoms with Crippen LogP contribution in [0.5, 0.6) is 11.5 Å². The molecule has 0 saturated carbocycles. The zero-order chi connectivity index (χ0) is 14.5. The lowest BCUT2D eigenvalue weighted by atomic mass is 10.2. The average molecular weight is 274 g/mol. The Balaban J connectivity index is 2.02. The first-order valence-corrected chi connectivity index (χ1v) is 6.20. The van der Waals surface area contributed by atoms with Crippen LogP contribution in [0.2, 0.25) is 0 Å². The smallest absolute Gasteiger partial charge is 0.267 e. The van der Waals surface area contributed by atoms with Crippen molar-refractivity contribution >= 4 is 11.8 Å². The minimum absolute atomic E-state index is 0.162. The molecule has 0 aliphatic carbocycles. The zero-order valence-corrected chi connectivity index (χ0v) is 11.1. The number of hydrogen-bond donors (Lipinski definition) is 0. The molecule has 0 unspecified atom stereocenters. The molecular weight excluding hydrogens is 260 g/mol. The molecular formula is C14H14N2O4. The van der Waals surface area contributed by atoms with Crippen molar-refractivity contribution in [1.82, 2.24) is 4.90 Å². The Morgan fingerprint density at radius 1 is 1.45 bits per heavy atom. The second-order valence-corrected chi connectivity index (χ2v) is 4.31. The largest absolute Gasteiger partial charge is 0.493 e. The second kappa shape index (κ2) is 6.06. The van der Waals surface area contributed by atoms with Crippen LogP contribution in [0.4, 0.5) is 0 Å². The molecule has 1 heterocycles. The monoisotopic (exact) mass is 274 g/mol. The summed E-state index contributed by atoms with van der Waals surface area (Å²) in [5.41, 5.74) is 0.440. The number of rotatable bonds is 4. The summed E-state index contributed by atoms with van der Waals surface area (Å²) in [4.78, 5) is 24.5. The van der Waals surface area contributed by atoms with Crippen LogP contribution in [-0.4, -0.2) is 37.0 Å². The molecule has 0 aromatic heterocycles. The maximum Gasteiger partial charge on any atom is 0.267 e. The molecule has 1 aliphatic rings. The number of nitriles is 1. The third-order valence-electron chi connectivity index (χ3n) is 3.02. The molecule has 104 valence electrons. The van der Waals surface area contributed by atoms with Crippen LogP contribution < -0.4 is 9.47 Å². The molecule has 6 heteroatoms. The van der Waals surface area contributed by atoms with Gasteiger partial charge in [-0.15, -0.1) is 0 Å². The number of carbonyl (C=O) groups excluding carboxylic acids is 2. The molecule has 0 N–H and O–H groups in total. The van der Waals surface area contributed by atoms with E-state index in [0.29, 0.717) is 36.4 Å². The van der Waals surface area contributed by atoms with Crippen LogP contribution in [-0.2, 0) is 9.59 Å². The lowest BCUT2D eigenvalue weighted by Crippen LogP contribution is -2.35. The predicted octanol–water partition coefficient (Wildman–Crippen LogP) is 1.09. The molecule has 1 aromatic rings. The van der Waals surface area contributed by atoms with Crippen molar-refractivity contribution in [3.8, 4) is 17.6 Å². The van der Waals surface area contributed by atoms with Gasteiger partial charge in [-0.2, -0.15) is 5.26 Å². The average Bonchev–Trinajstić information content (AvgIpc) is 2.90. The van der Waals surface area contributed by atoms with Gasteiger partial charge in [0.1, 0.15) is 0 Å². The van der Waals surface area contributed by atoms with E-state index in [1.54, 1.807) is 12.1 Å². The fraction of sp³-hybridized carbons (Fsp3) is 0.357. The minimum atomic E-state index is -0.362. The van der Waals surface area contributed by atoms with Gasteiger partial charge < -0.3 is 9.47 Å². The summed E-state index contributed by atoms with van der Waals surface area (Å²) in [7, 11) is 1.45. The number of benzene rings is 1. The van der Waals surface area contributed by atoms with Gasteiger partial charge in [0.05, 0.1) is 18.7 Å². The zero-order valence-electron chi connectivity index (χ0n) is 11.1. The van der Waals surface area contributed by atoms with Crippen molar-refractivity contribution in [3.63, 3.8) is 0 Å². The second-order valence-electron chi connectivity index (χ2n) is 4.31. The van der Waals surface area contributed by atoms with Gasteiger partial charge in [-0.05, 0) is 18.6 Å². The highest BCUT2D eigenvalue weighted by molar-refractivity contribution is 5.97. The Kier molecular flexibility index (Phi) is 4.20. The van der Waals surface area contributed by atoms with Gasteiger partial charge in [0.25, 0.3) is 5.91 Å². The lowest BCUT2D eigenvalue weighted by Gasteiger charge is -2.15. The van der Waals surface area contributed by atoms with Crippen molar-refractivity contribution in [3.05, 3.63) is 23.8 Å². The van der Waals surface area contributed by atoms with Crippen LogP contribution >= 0.6 is 0 Å². The summed E-state index contributed by atoms with van der Waals surface area (Å²) in [6, 6.07) is 6.66. The van der Waals surface area contributed by atoms with Crippen LogP contribution in [0.15, 0.2) is 18.2 Å². The lowest BCUT2D eigenvalue weighted by molar-refractivity contribution is -0.143. The number of amides is 2. The predicted molar refractivity (Wildman–Crippen MR) is 69.2 cm³/mol. The molecule has 1 aromatic carbocycles. The molecule has 1 aliphatic heterocycles. The fourth-order valence-corrected chi connectivity index (χ4v) is 1.99. The van der Waals surface area contributed by atoms with E-state index >= 15 is 0 Å². The summed E-state index contributed by atoms with van der Waals surface area (Å²) in [6.45, 7) is 0.222. The molecule has 0 spiro atoms. The van der Waals surface area contributed by atoms with Gasteiger partial charge in [0.15, 0.2) is 18.1 Å². The van der Waals surface area contributed by atoms with E-state index < -0.39 is 0 Å². The number of imide groups is 1. The quantitative estimate of drug-likeness (QED) is 0.821. The maximum atomic E-state index is 11.8. The van der Waals surface area contributed by atoms with Crippen molar-refractivity contribution < 1.29 is 19.1 Å². The third-order valence-corrected chi connectivity index (χ3v) is 3.02. The Bertz CT molecular complexity index is 577. The van der Waals surface area contributed by atoms with Crippen LogP contribution in [0, 0.1) is 11.3 Å². The molecule has 1 fully saturated rings. The standard InChI is InChI=1S/C14H14N2O4/c1-19-12-7-10(8-15)4-5-11(12)20-9-14(18)16-6-2-3-13(16)17/h4-5,7H,2-3,6,9H2,1H3. The van der Waals surface area contributed by atoms with Crippen molar-refractivity contribution in [1.29, 1.82) is 5.26 Å². The number of methoxy groups -OCH3 is 1. The third kappa shape index (κ3) is 2.88. The van der Waals surface area contributed by atoms with E-state index in [1.165, 1.54) is 18.1 Å². The van der Waals surface area contributed by atoms with Crippen LogP contribution in [0.3, 0.4) is 0 Å². The molecule has 2 rings (SSSR count). The fourth-order valence-electron chi connectivity index (χ4n) is 1.99. The van der Waals surface area contributed by atoms with E-state index in [4.69, 9.17) is 14.7 Å². The first kappa shape index (κ1) is 13.9. The summed E-state index contributed by atoms with van der Waals surface area (Å²) >= 11 is 0. The Labute approximate surface area is 116 Å². The van der Waals surface area contributed by atoms with E-state index in [1.807, 2.05) is 6.07 Å². The Hall–Kier alpha value is -2.55. The first-order chi connectivity index (χ1) is 9.65. The molecule has 0 atom stereocenters. The number of nitrogens with zero attached hydrogens (tertiary/aromatic N) is 2. The highest BCUT2D eigenvalue weighted by Crippen LogP contribution is 2.27. The van der Waals surface area contributed by atoms with Gasteiger partial charge in [0, 0.05) is 19.0 Å². The summed E-state index contributed by atoms with van der Waals surface area (Å²) in [5, 5.41) is 8.79. The normalized spacial score (nSPS) is 14.0. The van der Waals surface area contributed by atoms with Crippen molar-refractivity contribution in [2.45, 2.75) is 12.8 Å². The van der Waals surface area contributed by atoms with E-state index in [9.17, 15) is 9.59 Å². The Morgan fingerprint density at radius 3 is 2.85 bits per heavy atom. The molecule has 0 radical (unpaired) electrons. The number of carbonyl (C=O) groups is 2. The van der Waals surface area contributed by atoms with Crippen molar-refractivity contribution in [2.75, 3.05) is 20.3 Å². The molecule has 0 bridgehead atoms. The van der Waals surface area contributed by atoms with E-state index in [0.717, 1.165) is 0 Å². The van der Waals surface area contributed by atoms with Gasteiger partial charge in [-0.3, -0.25) is 14.5 Å². The summed E-state index contributed by atoms with van der Waals surface area (Å²) in [5.74, 6) is 0.223. The minimum Gasteiger partial charge on any atom is -0.493 e. The van der Waals surface area contributed by atoms with Gasteiger partial charge in [0.2, 0.25) is 5.91 Å². The van der Waals surface area contributed by atoms with Gasteiger partial charge in [-0.1, -0.05) is 0 Å². The number of hydrogen-bond acceptors (Lipinski definition) is 5. The van der Waals surface area contributed by atoms with Crippen LogP contribution in [0.25, 0.3) is 0 Å².